The topological polar surface area (TPSA) is 46.6 Å². The zero-order valence-corrected chi connectivity index (χ0v) is 11.2. The highest BCUT2D eigenvalue weighted by Crippen LogP contribution is 2.28. The van der Waals surface area contributed by atoms with Crippen molar-refractivity contribution >= 4 is 23.5 Å². The number of nitrogens with zero attached hydrogens (tertiary/aromatic N) is 1. The van der Waals surface area contributed by atoms with Gasteiger partial charge in [0.05, 0.1) is 6.61 Å². The molecule has 0 radical (unpaired) electrons. The lowest BCUT2D eigenvalue weighted by atomic mass is 9.88. The van der Waals surface area contributed by atoms with Crippen LogP contribution in [0.3, 0.4) is 0 Å². The molecule has 98 valence electrons. The van der Waals surface area contributed by atoms with Crippen LogP contribution >= 0.6 is 11.6 Å². The fraction of sp³-hybridized carbons (Fsp3) is 0.833. The lowest BCUT2D eigenvalue weighted by Gasteiger charge is -2.27. The first-order chi connectivity index (χ1) is 8.04. The molecule has 17 heavy (non-hydrogen) atoms. The van der Waals surface area contributed by atoms with Crippen LogP contribution in [0, 0.1) is 5.92 Å². The molecule has 0 aromatic heterocycles. The van der Waals surface area contributed by atoms with Gasteiger partial charge in [-0.2, -0.15) is 0 Å². The number of amides is 1. The summed E-state index contributed by atoms with van der Waals surface area (Å²) in [6, 6.07) is 0. The summed E-state index contributed by atoms with van der Waals surface area (Å²) in [6.07, 6.45) is 3.40. The highest BCUT2D eigenvalue weighted by atomic mass is 35.5. The van der Waals surface area contributed by atoms with E-state index < -0.39 is 0 Å². The van der Waals surface area contributed by atoms with Crippen molar-refractivity contribution < 1.29 is 14.3 Å². The fourth-order valence-electron chi connectivity index (χ4n) is 2.09. The molecule has 0 heterocycles. The first kappa shape index (κ1) is 14.3. The van der Waals surface area contributed by atoms with E-state index in [9.17, 15) is 9.59 Å². The van der Waals surface area contributed by atoms with Crippen LogP contribution in [0.4, 0.5) is 0 Å². The Bertz CT molecular complexity index is 275. The molecule has 1 amide bonds. The van der Waals surface area contributed by atoms with Crippen LogP contribution in [-0.2, 0) is 14.3 Å². The predicted octanol–water partition coefficient (Wildman–Crippen LogP) is 1.81. The van der Waals surface area contributed by atoms with Crippen LogP contribution in [0.25, 0.3) is 0 Å². The molecule has 0 bridgehead atoms. The second-order valence-electron chi connectivity index (χ2n) is 4.45. The van der Waals surface area contributed by atoms with Crippen LogP contribution in [0.2, 0.25) is 0 Å². The van der Waals surface area contributed by atoms with Crippen LogP contribution in [0.15, 0.2) is 0 Å². The molecule has 1 aliphatic rings. The molecule has 4 nitrogen and oxygen atoms in total. The summed E-state index contributed by atoms with van der Waals surface area (Å²) in [4.78, 5) is 24.7. The van der Waals surface area contributed by atoms with Gasteiger partial charge in [0.2, 0.25) is 5.91 Å². The maximum Gasteiger partial charge on any atom is 0.325 e. The summed E-state index contributed by atoms with van der Waals surface area (Å²) in [5.74, 6) is -0.305. The largest absolute Gasteiger partial charge is 0.465 e. The summed E-state index contributed by atoms with van der Waals surface area (Å²) in [5, 5.41) is 0.203. The Kier molecular flexibility index (Phi) is 5.75. The maximum absolute atomic E-state index is 12.0. The van der Waals surface area contributed by atoms with Gasteiger partial charge in [-0.3, -0.25) is 9.59 Å². The number of esters is 1. The monoisotopic (exact) mass is 261 g/mol. The lowest BCUT2D eigenvalue weighted by Crippen LogP contribution is -2.38. The molecule has 0 unspecified atom stereocenters. The van der Waals surface area contributed by atoms with E-state index in [1.165, 1.54) is 4.90 Å². The summed E-state index contributed by atoms with van der Waals surface area (Å²) < 4.78 is 4.81. The molecule has 0 aromatic rings. The standard InChI is InChI=1S/C12H20ClNO3/c1-3-17-11(15)8-14(2)12(16)9-4-6-10(13)7-5-9/h9-10H,3-8H2,1-2H3. The van der Waals surface area contributed by atoms with Gasteiger partial charge in [0.15, 0.2) is 0 Å². The number of alkyl halides is 1. The third-order valence-electron chi connectivity index (χ3n) is 3.05. The van der Waals surface area contributed by atoms with Crippen LogP contribution in [0.1, 0.15) is 32.6 Å². The van der Waals surface area contributed by atoms with Gasteiger partial charge in [0.1, 0.15) is 6.54 Å². The van der Waals surface area contributed by atoms with E-state index in [1.54, 1.807) is 14.0 Å². The molecule has 1 aliphatic carbocycles. The highest BCUT2D eigenvalue weighted by Gasteiger charge is 2.28. The third-order valence-corrected chi connectivity index (χ3v) is 3.49. The van der Waals surface area contributed by atoms with Crippen LogP contribution in [-0.4, -0.2) is 42.4 Å². The normalized spacial score (nSPS) is 24.2. The predicted molar refractivity (Wildman–Crippen MR) is 65.9 cm³/mol. The van der Waals surface area contributed by atoms with Gasteiger partial charge in [0, 0.05) is 18.3 Å². The van der Waals surface area contributed by atoms with Gasteiger partial charge >= 0.3 is 5.97 Å². The SMILES string of the molecule is CCOC(=O)CN(C)C(=O)C1CCC(Cl)CC1. The number of rotatable bonds is 4. The quantitative estimate of drug-likeness (QED) is 0.573. The van der Waals surface area contributed by atoms with Gasteiger partial charge in [-0.25, -0.2) is 0 Å². The molecule has 0 aromatic carbocycles. The van der Waals surface area contributed by atoms with E-state index in [2.05, 4.69) is 0 Å². The van der Waals surface area contributed by atoms with Gasteiger partial charge < -0.3 is 9.64 Å². The van der Waals surface area contributed by atoms with Crippen LogP contribution < -0.4 is 0 Å². The van der Waals surface area contributed by atoms with Crippen molar-refractivity contribution in [1.29, 1.82) is 0 Å². The molecule has 0 aliphatic heterocycles. The van der Waals surface area contributed by atoms with Crippen molar-refractivity contribution in [2.75, 3.05) is 20.2 Å². The minimum atomic E-state index is -0.352. The number of likely N-dealkylation sites (N-methyl/N-ethyl adjacent to an activating group) is 1. The van der Waals surface area contributed by atoms with E-state index in [-0.39, 0.29) is 29.7 Å². The van der Waals surface area contributed by atoms with Crippen molar-refractivity contribution in [2.24, 2.45) is 5.92 Å². The Hall–Kier alpha value is -0.770. The Morgan fingerprint density at radius 3 is 2.41 bits per heavy atom. The third kappa shape index (κ3) is 4.54. The molecule has 5 heteroatoms. The van der Waals surface area contributed by atoms with E-state index in [0.717, 1.165) is 25.7 Å². The van der Waals surface area contributed by atoms with Crippen molar-refractivity contribution in [3.05, 3.63) is 0 Å². The zero-order chi connectivity index (χ0) is 12.8. The first-order valence-electron chi connectivity index (χ1n) is 6.09. The van der Waals surface area contributed by atoms with E-state index in [1.807, 2.05) is 0 Å². The summed E-state index contributed by atoms with van der Waals surface area (Å²) >= 11 is 5.99. The maximum atomic E-state index is 12.0. The average Bonchev–Trinajstić information content (AvgIpc) is 2.29. The van der Waals surface area contributed by atoms with Gasteiger partial charge in [0.25, 0.3) is 0 Å². The molecule has 0 atom stereocenters. The molecule has 0 spiro atoms. The number of carbonyl (C=O) groups excluding carboxylic acids is 2. The summed E-state index contributed by atoms with van der Waals surface area (Å²) in [7, 11) is 1.64. The van der Waals surface area contributed by atoms with Gasteiger partial charge in [-0.05, 0) is 32.6 Å². The Balaban J connectivity index is 2.38. The molecule has 1 fully saturated rings. The zero-order valence-electron chi connectivity index (χ0n) is 10.4. The number of ether oxygens (including phenoxy) is 1. The van der Waals surface area contributed by atoms with Gasteiger partial charge in [-0.1, -0.05) is 0 Å². The van der Waals surface area contributed by atoms with E-state index in [0.29, 0.717) is 6.61 Å². The van der Waals surface area contributed by atoms with E-state index >= 15 is 0 Å². The number of halogens is 1. The van der Waals surface area contributed by atoms with Crippen molar-refractivity contribution in [3.63, 3.8) is 0 Å². The van der Waals surface area contributed by atoms with E-state index in [4.69, 9.17) is 16.3 Å². The average molecular weight is 262 g/mol. The fourth-order valence-corrected chi connectivity index (χ4v) is 2.34. The molecule has 1 rings (SSSR count). The second-order valence-corrected chi connectivity index (χ2v) is 5.07. The minimum absolute atomic E-state index is 0.0180. The number of hydrogen-bond acceptors (Lipinski definition) is 3. The molecule has 0 saturated heterocycles. The smallest absolute Gasteiger partial charge is 0.325 e. The molecular weight excluding hydrogens is 242 g/mol. The first-order valence-corrected chi connectivity index (χ1v) is 6.53. The lowest BCUT2D eigenvalue weighted by molar-refractivity contribution is -0.149. The summed E-state index contributed by atoms with van der Waals surface area (Å²) in [5.41, 5.74) is 0. The van der Waals surface area contributed by atoms with Crippen LogP contribution in [0.5, 0.6) is 0 Å². The molecule has 0 N–H and O–H groups in total. The van der Waals surface area contributed by atoms with Crippen molar-refractivity contribution in [2.45, 2.75) is 38.0 Å². The molecule has 1 saturated carbocycles. The number of carbonyl (C=O) groups is 2. The Morgan fingerprint density at radius 2 is 1.88 bits per heavy atom. The highest BCUT2D eigenvalue weighted by molar-refractivity contribution is 6.20. The minimum Gasteiger partial charge on any atom is -0.465 e. The Morgan fingerprint density at radius 1 is 1.29 bits per heavy atom. The van der Waals surface area contributed by atoms with Gasteiger partial charge in [-0.15, -0.1) is 11.6 Å². The van der Waals surface area contributed by atoms with Crippen molar-refractivity contribution in [3.8, 4) is 0 Å². The number of hydrogen-bond donors (Lipinski definition) is 0. The Labute approximate surface area is 107 Å². The summed E-state index contributed by atoms with van der Waals surface area (Å²) in [6.45, 7) is 2.13. The second kappa shape index (κ2) is 6.84. The molecular formula is C12H20ClNO3. The van der Waals surface area contributed by atoms with Crippen molar-refractivity contribution in [1.82, 2.24) is 4.90 Å².